The molecule has 454 valence electrons. The van der Waals surface area contributed by atoms with Crippen molar-refractivity contribution in [1.82, 2.24) is 0 Å². The first-order valence-corrected chi connectivity index (χ1v) is 25.3. The van der Waals surface area contributed by atoms with Crippen LogP contribution >= 0.6 is 0 Å². The molecule has 17 N–H and O–H groups in total. The van der Waals surface area contributed by atoms with Crippen LogP contribution in [0.4, 0.5) is 0 Å². The molecule has 33 heteroatoms. The van der Waals surface area contributed by atoms with Gasteiger partial charge in [-0.05, 0) is 12.8 Å². The Morgan fingerprint density at radius 3 is 1.28 bits per heavy atom. The molecule has 2 unspecified atom stereocenters. The Morgan fingerprint density at radius 1 is 0.468 bits per heavy atom. The van der Waals surface area contributed by atoms with Gasteiger partial charge in [-0.2, -0.15) is 0 Å². The van der Waals surface area contributed by atoms with Crippen molar-refractivity contribution < 1.29 is 258 Å². The smallest absolute Gasteiger partial charge is 1.00 e. The molecule has 0 aromatic carbocycles. The topological polar surface area (TPSA) is 510 Å². The number of carboxylic acid groups (broad SMARTS) is 1. The Balaban J connectivity index is 0.00000132. The summed E-state index contributed by atoms with van der Waals surface area (Å²) in [5, 5.41) is 179. The van der Waals surface area contributed by atoms with Crippen LogP contribution in [0.1, 0.15) is 86.4 Å². The zero-order valence-electron chi connectivity index (χ0n) is 46.0. The number of esters is 2. The molecule has 0 bridgehead atoms. The van der Waals surface area contributed by atoms with Gasteiger partial charge < -0.3 is 146 Å². The fourth-order valence-corrected chi connectivity index (χ4v) is 8.60. The maximum absolute atomic E-state index is 11.4. The molecule has 5 aliphatic heterocycles. The van der Waals surface area contributed by atoms with E-state index in [2.05, 4.69) is 6.92 Å². The Labute approximate surface area is 541 Å². The van der Waals surface area contributed by atoms with E-state index in [-0.39, 0.29) is 111 Å². The van der Waals surface area contributed by atoms with Gasteiger partial charge in [-0.25, -0.2) is 0 Å². The van der Waals surface area contributed by atoms with Crippen LogP contribution in [0, 0.1) is 0 Å². The summed E-state index contributed by atoms with van der Waals surface area (Å²) in [5.74, 6) is -7.05. The molecule has 79 heavy (non-hydrogen) atoms. The number of hydrogen-bond acceptors (Lipinski definition) is 31. The summed E-state index contributed by atoms with van der Waals surface area (Å²) in [5.41, 5.74) is 0. The van der Waals surface area contributed by atoms with E-state index < -0.39 is 204 Å². The zero-order valence-corrected chi connectivity index (χ0v) is 51.2. The van der Waals surface area contributed by atoms with Gasteiger partial charge in [-0.3, -0.25) is 9.59 Å². The molecular weight excluding hydrogens is 1130 g/mol. The van der Waals surface area contributed by atoms with Crippen molar-refractivity contribution in [2.75, 3.05) is 46.2 Å². The first-order chi connectivity index (χ1) is 36.3. The average Bonchev–Trinajstić information content (AvgIpc) is 3.79. The number of aliphatic hydroxyl groups excluding tert-OH is 17. The standard InChI is InChI=1S/C22H36O18.C12H22O11.C12H24O2.2K.H/c1-7(24)34-4-10-12(26)15(29)17(31)20(37-10)35-5-11-13(27)16(30)18(32)21(38-11)40-22(6-36-8(2)25)19(33)14(28)9(3-23)39-22;13-1-4-6(16)8(18)9(19)11(21-4)23-12(3-15)10(20)7(17)5(2-14)22-12;1-2-3-4-5-6-7-8-9-10-11-12(13)14;;;/h9-21,23,26-33H,3-6H2,1-2H3;4-11,13-20H,1-3H2;2-11H2,1H3,(H,13,14);;;/q;;;2*+1;-1/p-1/t9-,10-,11-,12+,13-,14-,15+,16+,17-,18-,19+,20?,21?,22+;4-,5-,6-,7-,8+,9-,10+,11-,12+;;;;/m11..../s1. The number of hydrogen-bond donors (Lipinski definition) is 17. The molecule has 5 fully saturated rings. The minimum Gasteiger partial charge on any atom is -1.00 e. The second-order valence-electron chi connectivity index (χ2n) is 19.2. The molecule has 5 saturated heterocycles. The molecule has 5 aliphatic rings. The van der Waals surface area contributed by atoms with Crippen LogP contribution < -0.4 is 108 Å². The maximum Gasteiger partial charge on any atom is 1.00 e. The molecule has 0 radical (unpaired) electrons. The third-order valence-corrected chi connectivity index (χ3v) is 13.2. The van der Waals surface area contributed by atoms with Crippen molar-refractivity contribution in [1.29, 1.82) is 0 Å². The maximum atomic E-state index is 11.4. The zero-order chi connectivity index (χ0) is 57.9. The van der Waals surface area contributed by atoms with Crippen molar-refractivity contribution in [3.63, 3.8) is 0 Å². The van der Waals surface area contributed by atoms with Gasteiger partial charge in [-0.1, -0.05) is 58.3 Å². The van der Waals surface area contributed by atoms with E-state index in [1.54, 1.807) is 0 Å². The van der Waals surface area contributed by atoms with Gasteiger partial charge in [0.05, 0.1) is 26.4 Å². The van der Waals surface area contributed by atoms with Crippen LogP contribution in [0.5, 0.6) is 0 Å². The Bertz CT molecular complexity index is 1740. The Kier molecular flexibility index (Phi) is 37.4. The van der Waals surface area contributed by atoms with Crippen molar-refractivity contribution in [3.8, 4) is 0 Å². The van der Waals surface area contributed by atoms with Crippen LogP contribution in [0.2, 0.25) is 0 Å². The van der Waals surface area contributed by atoms with E-state index in [1.165, 1.54) is 44.9 Å². The molecule has 0 spiro atoms. The molecule has 23 atom stereocenters. The minimum atomic E-state index is -2.38. The van der Waals surface area contributed by atoms with E-state index in [4.69, 9.17) is 57.6 Å². The SMILES string of the molecule is CC(=O)OC[C@H]1OC(OC[C@H]2OC(O[C@]3(COC(C)=O)O[C@H](CO)[C@@H](O)[C@@H]3O)[C@H](O)[C@@H](O)[C@@H]2O)[C@H](O)[C@@H](O)[C@H]1O.CCCCCCCCCCCC(=O)[O-].OC[C@H]1O[C@@](CO)(O[C@H]2O[C@H](CO)[C@@H](O)[C@H](O)[C@H]2O)[C@@H](O)[C@@H]1O.[H-].[K+].[K+]. The summed E-state index contributed by atoms with van der Waals surface area (Å²) in [6.07, 6.45) is -23.9. The second-order valence-corrected chi connectivity index (χ2v) is 19.2. The van der Waals surface area contributed by atoms with Gasteiger partial charge in [0, 0.05) is 19.8 Å². The normalized spacial score (nSPS) is 39.9. The molecule has 0 saturated carbocycles. The number of unbranched alkanes of at least 4 members (excludes halogenated alkanes) is 8. The predicted molar refractivity (Wildman–Crippen MR) is 247 cm³/mol. The molecule has 31 nitrogen and oxygen atoms in total. The first-order valence-electron chi connectivity index (χ1n) is 25.3. The number of ether oxygens (including phenoxy) is 10. The molecule has 0 aromatic heterocycles. The summed E-state index contributed by atoms with van der Waals surface area (Å²) >= 11 is 0. The number of rotatable bonds is 25. The summed E-state index contributed by atoms with van der Waals surface area (Å²) in [6.45, 7) is -0.757. The van der Waals surface area contributed by atoms with Crippen LogP contribution in [-0.4, -0.2) is 291 Å². The third kappa shape index (κ3) is 22.1. The van der Waals surface area contributed by atoms with Gasteiger partial charge in [-0.15, -0.1) is 0 Å². The van der Waals surface area contributed by atoms with E-state index in [1.807, 2.05) is 0 Å². The van der Waals surface area contributed by atoms with Gasteiger partial charge in [0.2, 0.25) is 11.6 Å². The number of carboxylic acids is 1. The second kappa shape index (κ2) is 38.1. The monoisotopic (exact) mass is 1210 g/mol. The van der Waals surface area contributed by atoms with E-state index >= 15 is 0 Å². The predicted octanol–water partition coefficient (Wildman–Crippen LogP) is -15.0. The van der Waals surface area contributed by atoms with Crippen LogP contribution in [0.15, 0.2) is 0 Å². The summed E-state index contributed by atoms with van der Waals surface area (Å²) in [6, 6.07) is 0. The van der Waals surface area contributed by atoms with Crippen molar-refractivity contribution in [2.45, 2.75) is 225 Å². The fourth-order valence-electron chi connectivity index (χ4n) is 8.60. The summed E-state index contributed by atoms with van der Waals surface area (Å²) in [7, 11) is 0. The van der Waals surface area contributed by atoms with Gasteiger partial charge >= 0.3 is 115 Å². The van der Waals surface area contributed by atoms with Crippen molar-refractivity contribution >= 4 is 17.9 Å². The van der Waals surface area contributed by atoms with E-state index in [9.17, 15) is 96.1 Å². The summed E-state index contributed by atoms with van der Waals surface area (Å²) < 4.78 is 52.3. The van der Waals surface area contributed by atoms with E-state index in [0.717, 1.165) is 26.7 Å². The quantitative estimate of drug-likeness (QED) is 0.0229. The van der Waals surface area contributed by atoms with Gasteiger partial charge in [0.15, 0.2) is 18.9 Å². The minimum absolute atomic E-state index is 0. The number of aliphatic carboxylic acids is 1. The van der Waals surface area contributed by atoms with Crippen LogP contribution in [0.25, 0.3) is 0 Å². The number of carbonyl (C=O) groups is 3. The molecule has 0 aromatic rings. The van der Waals surface area contributed by atoms with Crippen LogP contribution in [0.3, 0.4) is 0 Å². The van der Waals surface area contributed by atoms with Gasteiger partial charge in [0.1, 0.15) is 130 Å². The molecule has 5 rings (SSSR count). The summed E-state index contributed by atoms with van der Waals surface area (Å²) in [4.78, 5) is 32.6. The molecule has 0 amide bonds. The average molecular weight is 1210 g/mol. The Hall–Kier alpha value is 0.683. The van der Waals surface area contributed by atoms with Crippen LogP contribution in [-0.2, 0) is 61.8 Å². The first kappa shape index (κ1) is 77.7. The Morgan fingerprint density at radius 2 is 0.848 bits per heavy atom. The number of aliphatic hydroxyl groups is 17. The van der Waals surface area contributed by atoms with E-state index in [0.29, 0.717) is 0 Å². The molecule has 0 aliphatic carbocycles. The fraction of sp³-hybridized carbons (Fsp3) is 0.935. The largest absolute Gasteiger partial charge is 1.00 e. The third-order valence-electron chi connectivity index (χ3n) is 13.2. The number of carbonyl (C=O) groups excluding carboxylic acids is 3. The van der Waals surface area contributed by atoms with Crippen molar-refractivity contribution in [3.05, 3.63) is 0 Å². The van der Waals surface area contributed by atoms with Gasteiger partial charge in [0.25, 0.3) is 0 Å². The molecule has 5 heterocycles. The molecular formula is C46H82K2O31. The van der Waals surface area contributed by atoms with Crippen molar-refractivity contribution in [2.24, 2.45) is 0 Å².